The van der Waals surface area contributed by atoms with E-state index in [4.69, 9.17) is 0 Å². The molecule has 3 rings (SSSR count). The van der Waals surface area contributed by atoms with Crippen LogP contribution in [-0.2, 0) is 22.6 Å². The molecule has 2 amide bonds. The van der Waals surface area contributed by atoms with Gasteiger partial charge in [0.05, 0.1) is 12.1 Å². The molecule has 0 aliphatic carbocycles. The van der Waals surface area contributed by atoms with Crippen molar-refractivity contribution < 1.29 is 9.59 Å². The molecule has 2 heterocycles. The highest BCUT2D eigenvalue weighted by atomic mass is 16.2. The maximum Gasteiger partial charge on any atom is 0.224 e. The van der Waals surface area contributed by atoms with Crippen LogP contribution in [0, 0.1) is 0 Å². The zero-order valence-electron chi connectivity index (χ0n) is 15.0. The third kappa shape index (κ3) is 5.47. The number of benzene rings is 1. The number of hydrogen-bond acceptors (Lipinski definition) is 4. The van der Waals surface area contributed by atoms with Crippen molar-refractivity contribution in [1.29, 1.82) is 0 Å². The molecule has 6 nitrogen and oxygen atoms in total. The van der Waals surface area contributed by atoms with Crippen LogP contribution in [0.25, 0.3) is 11.3 Å². The maximum atomic E-state index is 12.2. The zero-order valence-corrected chi connectivity index (χ0v) is 15.0. The molecule has 0 radical (unpaired) electrons. The van der Waals surface area contributed by atoms with Gasteiger partial charge in [0.2, 0.25) is 11.8 Å². The fourth-order valence-electron chi connectivity index (χ4n) is 2.61. The Hall–Kier alpha value is -3.54. The predicted octanol–water partition coefficient (Wildman–Crippen LogP) is 2.96. The fraction of sp³-hybridized carbons (Fsp3) is 0.143. The molecule has 0 unspecified atom stereocenters. The number of carbonyl (C=O) groups is 2. The molecule has 0 saturated heterocycles. The van der Waals surface area contributed by atoms with Crippen LogP contribution in [0.5, 0.6) is 0 Å². The number of rotatable bonds is 6. The Kier molecular flexibility index (Phi) is 5.89. The molecule has 0 spiro atoms. The average Bonchev–Trinajstić information content (AvgIpc) is 2.68. The molecule has 136 valence electrons. The van der Waals surface area contributed by atoms with E-state index in [9.17, 15) is 9.59 Å². The maximum absolute atomic E-state index is 12.2. The first kappa shape index (κ1) is 18.3. The van der Waals surface area contributed by atoms with E-state index in [1.54, 1.807) is 30.7 Å². The van der Waals surface area contributed by atoms with Crippen molar-refractivity contribution in [2.75, 3.05) is 5.32 Å². The van der Waals surface area contributed by atoms with Gasteiger partial charge in [-0.05, 0) is 47.5 Å². The van der Waals surface area contributed by atoms with E-state index in [-0.39, 0.29) is 18.2 Å². The number of anilines is 1. The lowest BCUT2D eigenvalue weighted by molar-refractivity contribution is -0.120. The summed E-state index contributed by atoms with van der Waals surface area (Å²) in [6.45, 7) is 1.89. The van der Waals surface area contributed by atoms with Crippen LogP contribution in [0.1, 0.15) is 18.1 Å². The summed E-state index contributed by atoms with van der Waals surface area (Å²) >= 11 is 0. The van der Waals surface area contributed by atoms with Crippen molar-refractivity contribution in [3.05, 3.63) is 78.2 Å². The van der Waals surface area contributed by atoms with E-state index in [0.29, 0.717) is 12.2 Å². The van der Waals surface area contributed by atoms with Gasteiger partial charge in [-0.2, -0.15) is 0 Å². The highest BCUT2D eigenvalue weighted by molar-refractivity contribution is 5.88. The molecule has 0 bridgehead atoms. The predicted molar refractivity (Wildman–Crippen MR) is 104 cm³/mol. The number of pyridine rings is 2. The van der Waals surface area contributed by atoms with Crippen LogP contribution in [-0.4, -0.2) is 21.8 Å². The minimum atomic E-state index is -0.122. The minimum absolute atomic E-state index is 0.0676. The lowest BCUT2D eigenvalue weighted by Gasteiger charge is -2.08. The average molecular weight is 360 g/mol. The SMILES string of the molecule is CC(=O)Nc1ccc(CC(=O)NCc2ccnc(-c3cccnc3)c2)cc1. The number of carbonyl (C=O) groups excluding carboxylic acids is 2. The molecule has 0 fully saturated rings. The van der Waals surface area contributed by atoms with Gasteiger partial charge in [-0.1, -0.05) is 12.1 Å². The van der Waals surface area contributed by atoms with E-state index in [1.165, 1.54) is 6.92 Å². The van der Waals surface area contributed by atoms with Crippen molar-refractivity contribution in [3.8, 4) is 11.3 Å². The Balaban J connectivity index is 1.55. The van der Waals surface area contributed by atoms with Crippen molar-refractivity contribution in [1.82, 2.24) is 15.3 Å². The molecule has 1 aromatic carbocycles. The van der Waals surface area contributed by atoms with Gasteiger partial charge in [-0.15, -0.1) is 0 Å². The van der Waals surface area contributed by atoms with Gasteiger partial charge in [0.15, 0.2) is 0 Å². The lowest BCUT2D eigenvalue weighted by Crippen LogP contribution is -2.24. The summed E-state index contributed by atoms with van der Waals surface area (Å²) in [5.74, 6) is -0.189. The van der Waals surface area contributed by atoms with E-state index in [1.807, 2.05) is 36.4 Å². The van der Waals surface area contributed by atoms with Gasteiger partial charge < -0.3 is 10.6 Å². The van der Waals surface area contributed by atoms with E-state index in [2.05, 4.69) is 20.6 Å². The second-order valence-corrected chi connectivity index (χ2v) is 6.12. The summed E-state index contributed by atoms with van der Waals surface area (Å²) in [7, 11) is 0. The van der Waals surface area contributed by atoms with Crippen molar-refractivity contribution >= 4 is 17.5 Å². The molecule has 2 N–H and O–H groups in total. The zero-order chi connectivity index (χ0) is 19.1. The van der Waals surface area contributed by atoms with Crippen LogP contribution in [0.2, 0.25) is 0 Å². The van der Waals surface area contributed by atoms with Crippen molar-refractivity contribution in [2.24, 2.45) is 0 Å². The first-order valence-corrected chi connectivity index (χ1v) is 8.59. The number of amides is 2. The van der Waals surface area contributed by atoms with Gasteiger partial charge >= 0.3 is 0 Å². The van der Waals surface area contributed by atoms with Crippen LogP contribution < -0.4 is 10.6 Å². The molecule has 0 aliphatic rings. The smallest absolute Gasteiger partial charge is 0.224 e. The standard InChI is InChI=1S/C21H20N4O2/c1-15(26)25-19-6-4-16(5-7-19)12-21(27)24-13-17-8-10-23-20(11-17)18-3-2-9-22-14-18/h2-11,14H,12-13H2,1H3,(H,24,27)(H,25,26). The fourth-order valence-corrected chi connectivity index (χ4v) is 2.61. The molecule has 6 heteroatoms. The van der Waals surface area contributed by atoms with Crippen molar-refractivity contribution in [2.45, 2.75) is 19.9 Å². The summed E-state index contributed by atoms with van der Waals surface area (Å²) in [6.07, 6.45) is 5.48. The topological polar surface area (TPSA) is 84.0 Å². The molecule has 0 aliphatic heterocycles. The summed E-state index contributed by atoms with van der Waals surface area (Å²) in [5.41, 5.74) is 4.32. The van der Waals surface area contributed by atoms with E-state index in [0.717, 1.165) is 22.4 Å². The molecular weight excluding hydrogens is 340 g/mol. The van der Waals surface area contributed by atoms with Gasteiger partial charge in [0, 0.05) is 43.3 Å². The Morgan fingerprint density at radius 3 is 2.52 bits per heavy atom. The Morgan fingerprint density at radius 2 is 1.81 bits per heavy atom. The lowest BCUT2D eigenvalue weighted by atomic mass is 10.1. The number of hydrogen-bond donors (Lipinski definition) is 2. The number of nitrogens with zero attached hydrogens (tertiary/aromatic N) is 2. The van der Waals surface area contributed by atoms with Gasteiger partial charge in [0.1, 0.15) is 0 Å². The first-order chi connectivity index (χ1) is 13.1. The third-order valence-corrected chi connectivity index (χ3v) is 3.91. The third-order valence-electron chi connectivity index (χ3n) is 3.91. The van der Waals surface area contributed by atoms with Crippen molar-refractivity contribution in [3.63, 3.8) is 0 Å². The minimum Gasteiger partial charge on any atom is -0.352 e. The number of aromatic nitrogens is 2. The summed E-state index contributed by atoms with van der Waals surface area (Å²) < 4.78 is 0. The summed E-state index contributed by atoms with van der Waals surface area (Å²) in [6, 6.07) is 14.9. The van der Waals surface area contributed by atoms with E-state index < -0.39 is 0 Å². The highest BCUT2D eigenvalue weighted by Gasteiger charge is 2.06. The van der Waals surface area contributed by atoms with Gasteiger partial charge in [-0.25, -0.2) is 0 Å². The second kappa shape index (κ2) is 8.71. The second-order valence-electron chi connectivity index (χ2n) is 6.12. The normalized spacial score (nSPS) is 10.3. The quantitative estimate of drug-likeness (QED) is 0.708. The largest absolute Gasteiger partial charge is 0.352 e. The Labute approximate surface area is 157 Å². The molecule has 3 aromatic rings. The number of nitrogens with one attached hydrogen (secondary N) is 2. The monoisotopic (exact) mass is 360 g/mol. The summed E-state index contributed by atoms with van der Waals surface area (Å²) in [5, 5.41) is 5.62. The van der Waals surface area contributed by atoms with Gasteiger partial charge in [-0.3, -0.25) is 19.6 Å². The van der Waals surface area contributed by atoms with Crippen LogP contribution in [0.4, 0.5) is 5.69 Å². The summed E-state index contributed by atoms with van der Waals surface area (Å²) in [4.78, 5) is 31.7. The van der Waals surface area contributed by atoms with E-state index >= 15 is 0 Å². The van der Waals surface area contributed by atoms with Crippen LogP contribution in [0.15, 0.2) is 67.1 Å². The molecular formula is C21H20N4O2. The molecule has 0 saturated carbocycles. The Bertz CT molecular complexity index is 924. The Morgan fingerprint density at radius 1 is 1.00 bits per heavy atom. The highest BCUT2D eigenvalue weighted by Crippen LogP contribution is 2.16. The molecule has 0 atom stereocenters. The molecule has 27 heavy (non-hydrogen) atoms. The molecule has 2 aromatic heterocycles. The van der Waals surface area contributed by atoms with Gasteiger partial charge in [0.25, 0.3) is 0 Å². The van der Waals surface area contributed by atoms with Crippen LogP contribution in [0.3, 0.4) is 0 Å². The first-order valence-electron chi connectivity index (χ1n) is 8.59. The van der Waals surface area contributed by atoms with Crippen LogP contribution >= 0.6 is 0 Å².